The number of hydrogen-bond donors (Lipinski definition) is 3. The first-order chi connectivity index (χ1) is 37.6. The van der Waals surface area contributed by atoms with Gasteiger partial charge in [-0.2, -0.15) is 0 Å². The number of aliphatic hydroxyl groups is 2. The molecule has 1 fully saturated rings. The normalized spacial score (nSPS) is 18.8. The molecule has 0 aromatic carbocycles. The third kappa shape index (κ3) is 42.1. The van der Waals surface area contributed by atoms with E-state index in [1.54, 1.807) is 0 Å². The quantitative estimate of drug-likeness (QED) is 0.0228. The van der Waals surface area contributed by atoms with Crippen molar-refractivity contribution in [1.82, 2.24) is 0 Å². The monoisotopic (exact) mass is 1080 g/mol. The molecule has 0 saturated carbocycles. The van der Waals surface area contributed by atoms with Crippen LogP contribution in [0.2, 0.25) is 0 Å². The summed E-state index contributed by atoms with van der Waals surface area (Å²) >= 11 is 0. The Morgan fingerprint density at radius 3 is 1.26 bits per heavy atom. The minimum Gasteiger partial charge on any atom is -0.479 e. The summed E-state index contributed by atoms with van der Waals surface area (Å²) in [6.45, 7) is 5.71. The maximum atomic E-state index is 13.1. The van der Waals surface area contributed by atoms with E-state index in [1.165, 1.54) is 44.9 Å². The van der Waals surface area contributed by atoms with Gasteiger partial charge >= 0.3 is 23.9 Å². The molecule has 1 saturated heterocycles. The number of allylic oxidation sites excluding steroid dienone is 18. The zero-order valence-corrected chi connectivity index (χ0v) is 47.9. The standard InChI is InChI=1S/C65H104O12/c1-4-7-10-13-16-19-22-24-26-28-29-31-33-35-38-41-44-47-50-53-59(68)76-63-61(70)60(69)62(64(71)72)77-65(63)74-55-56(75-58(67)52-49-46-43-40-36-21-18-15-12-9-6-3)54-73-57(66)51-48-45-42-39-37-34-32-30-27-25-23-20-17-14-11-8-5-2/h7-8,10-11,16-17,19-20,24-27,29,31-32,34-35,38,56,60-63,65,69-70H,4-6,9,12-15,18,21-23,28,30,33,36-37,39-55H2,1-3H3,(H,71,72)/b10-7-,11-8-,19-16-,20-17-,26-24-,27-25-,31-29-,34-32-,38-35-. The van der Waals surface area contributed by atoms with Crippen molar-refractivity contribution in [3.63, 3.8) is 0 Å². The molecule has 0 spiro atoms. The van der Waals surface area contributed by atoms with Crippen LogP contribution in [0.5, 0.6) is 0 Å². The Morgan fingerprint density at radius 2 is 0.818 bits per heavy atom. The minimum absolute atomic E-state index is 0.0145. The van der Waals surface area contributed by atoms with Gasteiger partial charge in [0.2, 0.25) is 0 Å². The molecule has 12 heteroatoms. The van der Waals surface area contributed by atoms with Crippen molar-refractivity contribution in [1.29, 1.82) is 0 Å². The molecule has 1 aliphatic heterocycles. The molecule has 0 aromatic heterocycles. The molecule has 436 valence electrons. The first-order valence-corrected chi connectivity index (χ1v) is 29.9. The molecule has 0 aromatic rings. The van der Waals surface area contributed by atoms with Gasteiger partial charge in [-0.1, -0.05) is 214 Å². The second-order valence-electron chi connectivity index (χ2n) is 19.9. The van der Waals surface area contributed by atoms with Gasteiger partial charge in [0.1, 0.15) is 18.8 Å². The van der Waals surface area contributed by atoms with Crippen LogP contribution >= 0.6 is 0 Å². The second-order valence-corrected chi connectivity index (χ2v) is 19.9. The highest BCUT2D eigenvalue weighted by Crippen LogP contribution is 2.26. The molecule has 1 heterocycles. The SMILES string of the molecule is CC/C=C\C/C=C\C/C=C\C/C=C\C/C=C\CCCCCC(=O)OC1C(OCC(COC(=O)CCCCCC/C=C\C/C=C\C/C=C\C/C=C\CC)OC(=O)CCCCCCCCCCCCC)OC(C(=O)O)C(O)C1O. The van der Waals surface area contributed by atoms with Crippen LogP contribution in [0, 0.1) is 0 Å². The molecule has 0 amide bonds. The number of carbonyl (C=O) groups is 4. The van der Waals surface area contributed by atoms with Gasteiger partial charge in [-0.15, -0.1) is 0 Å². The van der Waals surface area contributed by atoms with Crippen molar-refractivity contribution in [2.24, 2.45) is 0 Å². The predicted octanol–water partition coefficient (Wildman–Crippen LogP) is 15.4. The number of unbranched alkanes of at least 4 members (excludes halogenated alkanes) is 17. The van der Waals surface area contributed by atoms with Gasteiger partial charge in [-0.3, -0.25) is 14.4 Å². The highest BCUT2D eigenvalue weighted by Gasteiger charge is 2.50. The van der Waals surface area contributed by atoms with E-state index in [9.17, 15) is 34.5 Å². The second kappa shape index (κ2) is 52.1. The molecule has 6 unspecified atom stereocenters. The highest BCUT2D eigenvalue weighted by molar-refractivity contribution is 5.74. The van der Waals surface area contributed by atoms with E-state index in [0.29, 0.717) is 19.3 Å². The lowest BCUT2D eigenvalue weighted by atomic mass is 9.98. The van der Waals surface area contributed by atoms with E-state index in [1.807, 2.05) is 0 Å². The molecule has 0 aliphatic carbocycles. The first kappa shape index (κ1) is 70.4. The number of aliphatic hydroxyl groups excluding tert-OH is 2. The van der Waals surface area contributed by atoms with Crippen molar-refractivity contribution in [2.75, 3.05) is 13.2 Å². The molecule has 3 N–H and O–H groups in total. The summed E-state index contributed by atoms with van der Waals surface area (Å²) in [6, 6.07) is 0. The van der Waals surface area contributed by atoms with Crippen LogP contribution in [0.3, 0.4) is 0 Å². The van der Waals surface area contributed by atoms with Crippen LogP contribution < -0.4 is 0 Å². The van der Waals surface area contributed by atoms with Crippen LogP contribution in [0.15, 0.2) is 109 Å². The Kier molecular flexibility index (Phi) is 47.6. The average molecular weight is 1080 g/mol. The molecular weight excluding hydrogens is 973 g/mol. The summed E-state index contributed by atoms with van der Waals surface area (Å²) in [5, 5.41) is 31.5. The van der Waals surface area contributed by atoms with Crippen LogP contribution in [-0.4, -0.2) is 89.2 Å². The highest BCUT2D eigenvalue weighted by atomic mass is 16.7. The van der Waals surface area contributed by atoms with Crippen molar-refractivity contribution in [2.45, 2.75) is 263 Å². The van der Waals surface area contributed by atoms with Gasteiger partial charge < -0.3 is 39.0 Å². The molecule has 77 heavy (non-hydrogen) atoms. The van der Waals surface area contributed by atoms with Gasteiger partial charge in [0.25, 0.3) is 0 Å². The lowest BCUT2D eigenvalue weighted by molar-refractivity contribution is -0.301. The fourth-order valence-corrected chi connectivity index (χ4v) is 8.33. The summed E-state index contributed by atoms with van der Waals surface area (Å²) in [7, 11) is 0. The van der Waals surface area contributed by atoms with Crippen molar-refractivity contribution >= 4 is 23.9 Å². The van der Waals surface area contributed by atoms with Gasteiger partial charge in [-0.25, -0.2) is 4.79 Å². The molecular formula is C65H104O12. The summed E-state index contributed by atoms with van der Waals surface area (Å²) < 4.78 is 28.4. The molecule has 0 radical (unpaired) electrons. The Balaban J connectivity index is 2.70. The Labute approximate surface area is 465 Å². The fraction of sp³-hybridized carbons (Fsp3) is 0.662. The van der Waals surface area contributed by atoms with Gasteiger partial charge in [0.05, 0.1) is 6.61 Å². The summed E-state index contributed by atoms with van der Waals surface area (Å²) in [5.74, 6) is -3.20. The van der Waals surface area contributed by atoms with E-state index in [-0.39, 0.29) is 25.9 Å². The molecule has 0 bridgehead atoms. The van der Waals surface area contributed by atoms with Crippen LogP contribution in [0.1, 0.15) is 226 Å². The number of carboxylic acid groups (broad SMARTS) is 1. The average Bonchev–Trinajstić information content (AvgIpc) is 3.42. The summed E-state index contributed by atoms with van der Waals surface area (Å²) in [4.78, 5) is 51.1. The number of carboxylic acids is 1. The third-order valence-corrected chi connectivity index (χ3v) is 12.8. The van der Waals surface area contributed by atoms with E-state index < -0.39 is 67.3 Å². The molecule has 1 aliphatic rings. The molecule has 1 rings (SSSR count). The Morgan fingerprint density at radius 1 is 0.442 bits per heavy atom. The lowest BCUT2D eigenvalue weighted by Crippen LogP contribution is -2.61. The maximum absolute atomic E-state index is 13.1. The van der Waals surface area contributed by atoms with Crippen LogP contribution in [0.25, 0.3) is 0 Å². The lowest BCUT2D eigenvalue weighted by Gasteiger charge is -2.40. The van der Waals surface area contributed by atoms with Gasteiger partial charge in [0.15, 0.2) is 24.6 Å². The van der Waals surface area contributed by atoms with E-state index >= 15 is 0 Å². The number of rotatable bonds is 49. The number of aliphatic carboxylic acids is 1. The number of carbonyl (C=O) groups excluding carboxylic acids is 3. The van der Waals surface area contributed by atoms with Crippen molar-refractivity contribution in [3.8, 4) is 0 Å². The number of hydrogen-bond acceptors (Lipinski definition) is 11. The number of ether oxygens (including phenoxy) is 5. The van der Waals surface area contributed by atoms with Gasteiger partial charge in [0, 0.05) is 19.3 Å². The van der Waals surface area contributed by atoms with Crippen molar-refractivity contribution in [3.05, 3.63) is 109 Å². The zero-order valence-electron chi connectivity index (χ0n) is 47.9. The van der Waals surface area contributed by atoms with E-state index in [0.717, 1.165) is 122 Å². The van der Waals surface area contributed by atoms with Crippen LogP contribution in [0.4, 0.5) is 0 Å². The van der Waals surface area contributed by atoms with E-state index in [4.69, 9.17) is 23.7 Å². The van der Waals surface area contributed by atoms with Gasteiger partial charge in [-0.05, 0) is 103 Å². The van der Waals surface area contributed by atoms with Crippen LogP contribution in [-0.2, 0) is 42.9 Å². The maximum Gasteiger partial charge on any atom is 0.335 e. The molecule has 6 atom stereocenters. The summed E-state index contributed by atoms with van der Waals surface area (Å²) in [6.07, 6.45) is 57.7. The van der Waals surface area contributed by atoms with E-state index in [2.05, 4.69) is 130 Å². The minimum atomic E-state index is -1.92. The topological polar surface area (TPSA) is 175 Å². The fourth-order valence-electron chi connectivity index (χ4n) is 8.33. The Bertz CT molecular complexity index is 1750. The third-order valence-electron chi connectivity index (χ3n) is 12.8. The zero-order chi connectivity index (χ0) is 56.1. The van der Waals surface area contributed by atoms with Crippen molar-refractivity contribution < 1.29 is 58.2 Å². The first-order valence-electron chi connectivity index (χ1n) is 29.9. The largest absolute Gasteiger partial charge is 0.479 e. The smallest absolute Gasteiger partial charge is 0.335 e. The summed E-state index contributed by atoms with van der Waals surface area (Å²) in [5.41, 5.74) is 0. The number of esters is 3. The molecule has 12 nitrogen and oxygen atoms in total. The predicted molar refractivity (Wildman–Crippen MR) is 312 cm³/mol. The Hall–Kier alpha value is -4.62.